The van der Waals surface area contributed by atoms with E-state index in [-0.39, 0.29) is 0 Å². The molecule has 2 nitrogen and oxygen atoms in total. The molecule has 88 valence electrons. The van der Waals surface area contributed by atoms with Crippen molar-refractivity contribution in [1.29, 1.82) is 0 Å². The van der Waals surface area contributed by atoms with E-state index in [1.807, 2.05) is 12.1 Å². The van der Waals surface area contributed by atoms with Crippen LogP contribution < -0.4 is 4.74 Å². The van der Waals surface area contributed by atoms with E-state index >= 15 is 0 Å². The van der Waals surface area contributed by atoms with Gasteiger partial charge in [-0.25, -0.2) is 4.98 Å². The first-order valence-corrected chi connectivity index (χ1v) is 5.97. The van der Waals surface area contributed by atoms with Crippen LogP contribution in [-0.2, 0) is 6.61 Å². The van der Waals surface area contributed by atoms with E-state index in [1.54, 1.807) is 24.4 Å². The first-order valence-electron chi connectivity index (χ1n) is 4.83. The number of aromatic nitrogens is 1. The number of hydrogen-bond acceptors (Lipinski definition) is 2. The zero-order chi connectivity index (χ0) is 12.3. The van der Waals surface area contributed by atoms with Crippen molar-refractivity contribution in [3.63, 3.8) is 0 Å². The second-order valence-corrected chi connectivity index (χ2v) is 4.58. The molecule has 1 aromatic carbocycles. The SMILES string of the molecule is Clc1cccc(OCc2cnc(Cl)cc2Cl)c1. The molecule has 0 saturated carbocycles. The molecule has 17 heavy (non-hydrogen) atoms. The van der Waals surface area contributed by atoms with Gasteiger partial charge in [-0.3, -0.25) is 0 Å². The Balaban J connectivity index is 2.07. The molecule has 1 aromatic heterocycles. The van der Waals surface area contributed by atoms with E-state index in [0.717, 1.165) is 5.56 Å². The van der Waals surface area contributed by atoms with Gasteiger partial charge in [0, 0.05) is 16.8 Å². The van der Waals surface area contributed by atoms with Crippen LogP contribution in [0.15, 0.2) is 36.5 Å². The second kappa shape index (κ2) is 5.58. The molecule has 0 fully saturated rings. The van der Waals surface area contributed by atoms with Crippen LogP contribution in [0, 0.1) is 0 Å². The summed E-state index contributed by atoms with van der Waals surface area (Å²) in [6, 6.07) is 8.74. The van der Waals surface area contributed by atoms with Crippen molar-refractivity contribution in [3.8, 4) is 5.75 Å². The normalized spacial score (nSPS) is 10.3. The molecule has 0 aliphatic rings. The number of nitrogens with zero attached hydrogens (tertiary/aromatic N) is 1. The molecule has 0 amide bonds. The molecule has 0 unspecified atom stereocenters. The van der Waals surface area contributed by atoms with Crippen LogP contribution in [0.5, 0.6) is 5.75 Å². The Labute approximate surface area is 114 Å². The highest BCUT2D eigenvalue weighted by atomic mass is 35.5. The molecule has 0 N–H and O–H groups in total. The lowest BCUT2D eigenvalue weighted by molar-refractivity contribution is 0.306. The fourth-order valence-corrected chi connectivity index (χ4v) is 1.86. The van der Waals surface area contributed by atoms with E-state index in [4.69, 9.17) is 39.5 Å². The van der Waals surface area contributed by atoms with Gasteiger partial charge in [-0.2, -0.15) is 0 Å². The summed E-state index contributed by atoms with van der Waals surface area (Å²) in [5.74, 6) is 0.684. The highest BCUT2D eigenvalue weighted by molar-refractivity contribution is 6.34. The third kappa shape index (κ3) is 3.50. The summed E-state index contributed by atoms with van der Waals surface area (Å²) >= 11 is 17.5. The van der Waals surface area contributed by atoms with Gasteiger partial charge in [-0.15, -0.1) is 0 Å². The van der Waals surface area contributed by atoms with Crippen molar-refractivity contribution in [2.45, 2.75) is 6.61 Å². The van der Waals surface area contributed by atoms with Crippen LogP contribution in [0.4, 0.5) is 0 Å². The number of halogens is 3. The number of hydrogen-bond donors (Lipinski definition) is 0. The van der Waals surface area contributed by atoms with Crippen molar-refractivity contribution in [2.24, 2.45) is 0 Å². The Kier molecular flexibility index (Phi) is 4.11. The highest BCUT2D eigenvalue weighted by Gasteiger charge is 2.03. The van der Waals surface area contributed by atoms with Gasteiger partial charge >= 0.3 is 0 Å². The zero-order valence-corrected chi connectivity index (χ0v) is 10.9. The Morgan fingerprint density at radius 1 is 1.12 bits per heavy atom. The van der Waals surface area contributed by atoms with E-state index in [9.17, 15) is 0 Å². The molecule has 0 aliphatic heterocycles. The maximum Gasteiger partial charge on any atom is 0.130 e. The first-order chi connectivity index (χ1) is 8.15. The van der Waals surface area contributed by atoms with Gasteiger partial charge in [0.15, 0.2) is 0 Å². The molecule has 0 bridgehead atoms. The molecular weight excluding hydrogens is 280 g/mol. The minimum atomic E-state index is 0.323. The lowest BCUT2D eigenvalue weighted by Gasteiger charge is -2.07. The van der Waals surface area contributed by atoms with Gasteiger partial charge in [0.05, 0.1) is 5.02 Å². The third-order valence-electron chi connectivity index (χ3n) is 2.09. The monoisotopic (exact) mass is 287 g/mol. The van der Waals surface area contributed by atoms with Gasteiger partial charge in [-0.1, -0.05) is 40.9 Å². The van der Waals surface area contributed by atoms with Crippen molar-refractivity contribution in [1.82, 2.24) is 4.98 Å². The summed E-state index contributed by atoms with van der Waals surface area (Å²) in [6.07, 6.45) is 1.59. The maximum absolute atomic E-state index is 6.00. The predicted octanol–water partition coefficient (Wildman–Crippen LogP) is 4.62. The Morgan fingerprint density at radius 3 is 2.65 bits per heavy atom. The lowest BCUT2D eigenvalue weighted by atomic mass is 10.3. The largest absolute Gasteiger partial charge is 0.489 e. The van der Waals surface area contributed by atoms with E-state index < -0.39 is 0 Å². The molecule has 0 saturated heterocycles. The molecular formula is C12H8Cl3NO. The fraction of sp³-hybridized carbons (Fsp3) is 0.0833. The molecule has 2 rings (SSSR count). The van der Waals surface area contributed by atoms with Crippen LogP contribution in [0.25, 0.3) is 0 Å². The van der Waals surface area contributed by atoms with E-state index in [1.165, 1.54) is 0 Å². The van der Waals surface area contributed by atoms with Crippen molar-refractivity contribution >= 4 is 34.8 Å². The second-order valence-electron chi connectivity index (χ2n) is 3.34. The number of ether oxygens (including phenoxy) is 1. The summed E-state index contributed by atoms with van der Waals surface area (Å²) in [5.41, 5.74) is 0.774. The predicted molar refractivity (Wildman–Crippen MR) is 70.0 cm³/mol. The molecule has 0 aliphatic carbocycles. The van der Waals surface area contributed by atoms with Crippen LogP contribution in [0.2, 0.25) is 15.2 Å². The van der Waals surface area contributed by atoms with Gasteiger partial charge in [0.1, 0.15) is 17.5 Å². The van der Waals surface area contributed by atoms with Gasteiger partial charge in [0.25, 0.3) is 0 Å². The summed E-state index contributed by atoms with van der Waals surface area (Å²) in [6.45, 7) is 0.323. The van der Waals surface area contributed by atoms with Crippen LogP contribution in [0.1, 0.15) is 5.56 Å². The van der Waals surface area contributed by atoms with Crippen LogP contribution in [-0.4, -0.2) is 4.98 Å². The number of pyridine rings is 1. The zero-order valence-electron chi connectivity index (χ0n) is 8.66. The minimum absolute atomic E-state index is 0.323. The first kappa shape index (κ1) is 12.5. The maximum atomic E-state index is 6.00. The summed E-state index contributed by atoms with van der Waals surface area (Å²) in [4.78, 5) is 3.94. The fourth-order valence-electron chi connectivity index (χ4n) is 1.26. The summed E-state index contributed by atoms with van der Waals surface area (Å²) < 4.78 is 5.54. The molecule has 0 radical (unpaired) electrons. The van der Waals surface area contributed by atoms with Gasteiger partial charge in [0.2, 0.25) is 0 Å². The van der Waals surface area contributed by atoms with Crippen molar-refractivity contribution in [2.75, 3.05) is 0 Å². The average Bonchev–Trinajstić information content (AvgIpc) is 2.28. The van der Waals surface area contributed by atoms with Crippen molar-refractivity contribution in [3.05, 3.63) is 57.3 Å². The highest BCUT2D eigenvalue weighted by Crippen LogP contribution is 2.22. The minimum Gasteiger partial charge on any atom is -0.489 e. The van der Waals surface area contributed by atoms with Crippen molar-refractivity contribution < 1.29 is 4.74 Å². The van der Waals surface area contributed by atoms with Crippen LogP contribution >= 0.6 is 34.8 Å². The number of benzene rings is 1. The third-order valence-corrected chi connectivity index (χ3v) is 2.88. The summed E-state index contributed by atoms with van der Waals surface area (Å²) in [7, 11) is 0. The summed E-state index contributed by atoms with van der Waals surface area (Å²) in [5, 5.41) is 1.52. The van der Waals surface area contributed by atoms with Gasteiger partial charge < -0.3 is 4.74 Å². The Hall–Kier alpha value is -0.960. The van der Waals surface area contributed by atoms with Crippen LogP contribution in [0.3, 0.4) is 0 Å². The standard InChI is InChI=1S/C12H8Cl3NO/c13-9-2-1-3-10(4-9)17-7-8-6-16-12(15)5-11(8)14/h1-6H,7H2. The van der Waals surface area contributed by atoms with E-state index in [0.29, 0.717) is 27.6 Å². The number of rotatable bonds is 3. The smallest absolute Gasteiger partial charge is 0.130 e. The van der Waals surface area contributed by atoms with Gasteiger partial charge in [-0.05, 0) is 24.3 Å². The lowest BCUT2D eigenvalue weighted by Crippen LogP contribution is -1.97. The quantitative estimate of drug-likeness (QED) is 0.769. The molecule has 5 heteroatoms. The molecule has 1 heterocycles. The Bertz CT molecular complexity index is 531. The Morgan fingerprint density at radius 2 is 1.94 bits per heavy atom. The average molecular weight is 289 g/mol. The topological polar surface area (TPSA) is 22.1 Å². The molecule has 0 atom stereocenters. The molecule has 2 aromatic rings. The van der Waals surface area contributed by atoms with E-state index in [2.05, 4.69) is 4.98 Å². The molecule has 0 spiro atoms.